The van der Waals surface area contributed by atoms with Gasteiger partial charge in [0.1, 0.15) is 0 Å². The van der Waals surface area contributed by atoms with E-state index >= 15 is 0 Å². The second-order valence-corrected chi connectivity index (χ2v) is 6.75. The van der Waals surface area contributed by atoms with Gasteiger partial charge in [-0.3, -0.25) is 0 Å². The SMILES string of the molecule is O=C(O)c1ccccc1S(=O)(=O)N1Cc2ccccc2C1. The number of rotatable bonds is 3. The number of hydrogen-bond acceptors (Lipinski definition) is 3. The maximum Gasteiger partial charge on any atom is 0.337 e. The van der Waals surface area contributed by atoms with Gasteiger partial charge in [0.25, 0.3) is 0 Å². The summed E-state index contributed by atoms with van der Waals surface area (Å²) >= 11 is 0. The molecular formula is C15H13NO4S. The number of carboxylic acids is 1. The van der Waals surface area contributed by atoms with Crippen molar-refractivity contribution in [1.29, 1.82) is 0 Å². The molecule has 108 valence electrons. The third-order valence-electron chi connectivity index (χ3n) is 3.55. The van der Waals surface area contributed by atoms with Crippen LogP contribution in [-0.2, 0) is 23.1 Å². The van der Waals surface area contributed by atoms with Crippen molar-refractivity contribution in [2.24, 2.45) is 0 Å². The summed E-state index contributed by atoms with van der Waals surface area (Å²) in [5.41, 5.74) is 1.70. The topological polar surface area (TPSA) is 74.7 Å². The van der Waals surface area contributed by atoms with Gasteiger partial charge in [-0.2, -0.15) is 4.31 Å². The predicted octanol–water partition coefficient (Wildman–Crippen LogP) is 2.09. The Balaban J connectivity index is 2.02. The maximum atomic E-state index is 12.7. The van der Waals surface area contributed by atoms with Crippen molar-refractivity contribution in [2.75, 3.05) is 0 Å². The van der Waals surface area contributed by atoms with Crippen molar-refractivity contribution in [3.8, 4) is 0 Å². The molecule has 1 aliphatic rings. The number of benzene rings is 2. The van der Waals surface area contributed by atoms with Gasteiger partial charge >= 0.3 is 5.97 Å². The van der Waals surface area contributed by atoms with E-state index in [-0.39, 0.29) is 23.5 Å². The van der Waals surface area contributed by atoms with Gasteiger partial charge in [0.15, 0.2) is 0 Å². The van der Waals surface area contributed by atoms with Gasteiger partial charge in [0, 0.05) is 13.1 Å². The lowest BCUT2D eigenvalue weighted by atomic mass is 10.1. The average molecular weight is 303 g/mol. The number of nitrogens with zero attached hydrogens (tertiary/aromatic N) is 1. The van der Waals surface area contributed by atoms with E-state index < -0.39 is 16.0 Å². The molecule has 0 saturated heterocycles. The van der Waals surface area contributed by atoms with Gasteiger partial charge in [0.05, 0.1) is 10.5 Å². The zero-order valence-electron chi connectivity index (χ0n) is 11.1. The molecule has 0 aromatic heterocycles. The number of hydrogen-bond donors (Lipinski definition) is 1. The van der Waals surface area contributed by atoms with E-state index in [4.69, 9.17) is 5.11 Å². The molecule has 0 radical (unpaired) electrons. The predicted molar refractivity (Wildman–Crippen MR) is 76.3 cm³/mol. The summed E-state index contributed by atoms with van der Waals surface area (Å²) < 4.78 is 26.7. The Kier molecular flexibility index (Phi) is 3.27. The molecule has 2 aromatic carbocycles. The molecule has 0 bridgehead atoms. The van der Waals surface area contributed by atoms with Crippen molar-refractivity contribution in [3.63, 3.8) is 0 Å². The van der Waals surface area contributed by atoms with E-state index in [9.17, 15) is 13.2 Å². The molecular weight excluding hydrogens is 290 g/mol. The molecule has 0 spiro atoms. The maximum absolute atomic E-state index is 12.7. The van der Waals surface area contributed by atoms with Crippen molar-refractivity contribution >= 4 is 16.0 Å². The standard InChI is InChI=1S/C15H13NO4S/c17-15(18)13-7-3-4-8-14(13)21(19,20)16-9-11-5-1-2-6-12(11)10-16/h1-8H,9-10H2,(H,17,18). The molecule has 1 heterocycles. The van der Waals surface area contributed by atoms with Crippen molar-refractivity contribution in [3.05, 3.63) is 65.2 Å². The van der Waals surface area contributed by atoms with Crippen LogP contribution in [0.1, 0.15) is 21.5 Å². The summed E-state index contributed by atoms with van der Waals surface area (Å²) in [4.78, 5) is 11.1. The molecule has 21 heavy (non-hydrogen) atoms. The first-order chi connectivity index (χ1) is 10.00. The Labute approximate surface area is 122 Å². The van der Waals surface area contributed by atoms with Gasteiger partial charge in [-0.15, -0.1) is 0 Å². The molecule has 0 amide bonds. The minimum absolute atomic E-state index is 0.162. The highest BCUT2D eigenvalue weighted by atomic mass is 32.2. The van der Waals surface area contributed by atoms with Gasteiger partial charge in [-0.05, 0) is 23.3 Å². The highest BCUT2D eigenvalue weighted by molar-refractivity contribution is 7.89. The van der Waals surface area contributed by atoms with Gasteiger partial charge < -0.3 is 5.11 Å². The van der Waals surface area contributed by atoms with Crippen LogP contribution >= 0.6 is 0 Å². The number of fused-ring (bicyclic) bond motifs is 1. The van der Waals surface area contributed by atoms with Gasteiger partial charge in [0.2, 0.25) is 10.0 Å². The summed E-state index contributed by atoms with van der Waals surface area (Å²) in [6.45, 7) is 0.541. The van der Waals surface area contributed by atoms with E-state index in [2.05, 4.69) is 0 Å². The zero-order valence-corrected chi connectivity index (χ0v) is 11.9. The molecule has 5 nitrogen and oxygen atoms in total. The zero-order chi connectivity index (χ0) is 15.0. The molecule has 1 aliphatic heterocycles. The minimum atomic E-state index is -3.83. The van der Waals surface area contributed by atoms with E-state index in [1.54, 1.807) is 0 Å². The smallest absolute Gasteiger partial charge is 0.337 e. The van der Waals surface area contributed by atoms with Crippen LogP contribution in [0, 0.1) is 0 Å². The molecule has 6 heteroatoms. The second-order valence-electron chi connectivity index (χ2n) is 4.84. The van der Waals surface area contributed by atoms with Crippen LogP contribution in [0.15, 0.2) is 53.4 Å². The first-order valence-corrected chi connectivity index (χ1v) is 7.83. The quantitative estimate of drug-likeness (QED) is 0.942. The Hall–Kier alpha value is -2.18. The monoisotopic (exact) mass is 303 g/mol. The van der Waals surface area contributed by atoms with E-state index in [0.717, 1.165) is 11.1 Å². The summed E-state index contributed by atoms with van der Waals surface area (Å²) in [5.74, 6) is -1.24. The highest BCUT2D eigenvalue weighted by Gasteiger charge is 2.32. The van der Waals surface area contributed by atoms with Crippen LogP contribution in [0.25, 0.3) is 0 Å². The molecule has 0 fully saturated rings. The van der Waals surface area contributed by atoms with Crippen molar-refractivity contribution < 1.29 is 18.3 Å². The lowest BCUT2D eigenvalue weighted by Gasteiger charge is -2.17. The fraction of sp³-hybridized carbons (Fsp3) is 0.133. The number of carboxylic acid groups (broad SMARTS) is 1. The fourth-order valence-electron chi connectivity index (χ4n) is 2.48. The lowest BCUT2D eigenvalue weighted by Crippen LogP contribution is -2.27. The molecule has 0 aliphatic carbocycles. The van der Waals surface area contributed by atoms with E-state index in [1.807, 2.05) is 24.3 Å². The number of carbonyl (C=O) groups is 1. The fourth-order valence-corrected chi connectivity index (χ4v) is 4.06. The minimum Gasteiger partial charge on any atom is -0.478 e. The summed E-state index contributed by atoms with van der Waals surface area (Å²) in [7, 11) is -3.83. The van der Waals surface area contributed by atoms with E-state index in [0.29, 0.717) is 0 Å². The Morgan fingerprint density at radius 2 is 1.48 bits per heavy atom. The highest BCUT2D eigenvalue weighted by Crippen LogP contribution is 2.29. The van der Waals surface area contributed by atoms with Crippen LogP contribution in [0.2, 0.25) is 0 Å². The first kappa shape index (κ1) is 13.8. The van der Waals surface area contributed by atoms with Crippen molar-refractivity contribution in [2.45, 2.75) is 18.0 Å². The molecule has 2 aromatic rings. The number of sulfonamides is 1. The molecule has 0 atom stereocenters. The Morgan fingerprint density at radius 1 is 0.952 bits per heavy atom. The van der Waals surface area contributed by atoms with Crippen LogP contribution in [-0.4, -0.2) is 23.8 Å². The van der Waals surface area contributed by atoms with Crippen LogP contribution in [0.5, 0.6) is 0 Å². The molecule has 0 saturated carbocycles. The average Bonchev–Trinajstić information content (AvgIpc) is 2.92. The van der Waals surface area contributed by atoms with Crippen molar-refractivity contribution in [1.82, 2.24) is 4.31 Å². The summed E-state index contributed by atoms with van der Waals surface area (Å²) in [6, 6.07) is 13.2. The summed E-state index contributed by atoms with van der Waals surface area (Å²) in [5, 5.41) is 9.16. The molecule has 0 unspecified atom stereocenters. The van der Waals surface area contributed by atoms with Crippen LogP contribution < -0.4 is 0 Å². The largest absolute Gasteiger partial charge is 0.478 e. The summed E-state index contributed by atoms with van der Waals surface area (Å²) in [6.07, 6.45) is 0. The molecule has 3 rings (SSSR count). The Morgan fingerprint density at radius 3 is 2.05 bits per heavy atom. The first-order valence-electron chi connectivity index (χ1n) is 6.39. The van der Waals surface area contributed by atoms with Gasteiger partial charge in [-0.25, -0.2) is 13.2 Å². The van der Waals surface area contributed by atoms with Gasteiger partial charge in [-0.1, -0.05) is 36.4 Å². The van der Waals surface area contributed by atoms with Crippen LogP contribution in [0.4, 0.5) is 0 Å². The number of aromatic carboxylic acids is 1. The Bertz CT molecular complexity index is 789. The van der Waals surface area contributed by atoms with Crippen LogP contribution in [0.3, 0.4) is 0 Å². The van der Waals surface area contributed by atoms with E-state index in [1.165, 1.54) is 28.6 Å². The third kappa shape index (κ3) is 2.32. The second kappa shape index (κ2) is 4.98. The lowest BCUT2D eigenvalue weighted by molar-refractivity contribution is 0.0692. The molecule has 1 N–H and O–H groups in total. The normalized spacial score (nSPS) is 14.9. The third-order valence-corrected chi connectivity index (χ3v) is 5.40.